The SMILES string of the molecule is CCC1(c2nc(C(C)S(C)(=O)=O)no2)CCCN1. The zero-order valence-electron chi connectivity index (χ0n) is 10.9. The van der Waals surface area contributed by atoms with Crippen LogP contribution in [0.15, 0.2) is 4.52 Å². The molecule has 0 radical (unpaired) electrons. The van der Waals surface area contributed by atoms with Crippen molar-refractivity contribution in [1.82, 2.24) is 15.5 Å². The van der Waals surface area contributed by atoms with Crippen molar-refractivity contribution in [3.63, 3.8) is 0 Å². The summed E-state index contributed by atoms with van der Waals surface area (Å²) in [6.45, 7) is 4.56. The van der Waals surface area contributed by atoms with E-state index in [-0.39, 0.29) is 11.4 Å². The number of nitrogens with zero attached hydrogens (tertiary/aromatic N) is 2. The molecule has 0 aliphatic carbocycles. The van der Waals surface area contributed by atoms with E-state index < -0.39 is 15.1 Å². The molecule has 1 aromatic heterocycles. The van der Waals surface area contributed by atoms with E-state index >= 15 is 0 Å². The van der Waals surface area contributed by atoms with Gasteiger partial charge in [-0.15, -0.1) is 0 Å². The minimum Gasteiger partial charge on any atom is -0.337 e. The van der Waals surface area contributed by atoms with Crippen molar-refractivity contribution >= 4 is 9.84 Å². The van der Waals surface area contributed by atoms with Crippen LogP contribution < -0.4 is 5.32 Å². The van der Waals surface area contributed by atoms with E-state index in [9.17, 15) is 8.42 Å². The van der Waals surface area contributed by atoms with Gasteiger partial charge in [0.25, 0.3) is 0 Å². The van der Waals surface area contributed by atoms with E-state index in [0.717, 1.165) is 25.8 Å². The van der Waals surface area contributed by atoms with Crippen LogP contribution in [0.3, 0.4) is 0 Å². The molecule has 102 valence electrons. The number of nitrogens with one attached hydrogen (secondary N) is 1. The summed E-state index contributed by atoms with van der Waals surface area (Å²) in [6.07, 6.45) is 4.03. The van der Waals surface area contributed by atoms with Crippen LogP contribution in [0, 0.1) is 0 Å². The monoisotopic (exact) mass is 273 g/mol. The Bertz CT molecular complexity index is 517. The van der Waals surface area contributed by atoms with Gasteiger partial charge >= 0.3 is 0 Å². The van der Waals surface area contributed by atoms with Crippen molar-refractivity contribution < 1.29 is 12.9 Å². The highest BCUT2D eigenvalue weighted by atomic mass is 32.2. The van der Waals surface area contributed by atoms with Gasteiger partial charge in [0.2, 0.25) is 5.89 Å². The molecular formula is C11H19N3O3S. The van der Waals surface area contributed by atoms with Crippen LogP contribution >= 0.6 is 0 Å². The van der Waals surface area contributed by atoms with Crippen molar-refractivity contribution in [1.29, 1.82) is 0 Å². The third-order valence-corrected chi connectivity index (χ3v) is 5.20. The third kappa shape index (κ3) is 2.29. The molecule has 2 heterocycles. The molecule has 2 rings (SSSR count). The lowest BCUT2D eigenvalue weighted by Crippen LogP contribution is -2.36. The van der Waals surface area contributed by atoms with Gasteiger partial charge in [-0.05, 0) is 32.7 Å². The Morgan fingerprint density at radius 1 is 1.56 bits per heavy atom. The Morgan fingerprint density at radius 2 is 2.28 bits per heavy atom. The Kier molecular flexibility index (Phi) is 3.46. The quantitative estimate of drug-likeness (QED) is 0.886. The van der Waals surface area contributed by atoms with E-state index in [1.807, 2.05) is 0 Å². The maximum Gasteiger partial charge on any atom is 0.246 e. The van der Waals surface area contributed by atoms with E-state index in [0.29, 0.717) is 5.89 Å². The summed E-state index contributed by atoms with van der Waals surface area (Å²) < 4.78 is 28.2. The Balaban J connectivity index is 2.30. The van der Waals surface area contributed by atoms with Crippen LogP contribution in [0.5, 0.6) is 0 Å². The lowest BCUT2D eigenvalue weighted by Gasteiger charge is -2.22. The average Bonchev–Trinajstić information content (AvgIpc) is 2.96. The van der Waals surface area contributed by atoms with Crippen LogP contribution in [-0.2, 0) is 15.4 Å². The fraction of sp³-hybridized carbons (Fsp3) is 0.818. The summed E-state index contributed by atoms with van der Waals surface area (Å²) >= 11 is 0. The van der Waals surface area contributed by atoms with E-state index in [2.05, 4.69) is 22.4 Å². The van der Waals surface area contributed by atoms with Gasteiger partial charge in [-0.2, -0.15) is 4.98 Å². The van der Waals surface area contributed by atoms with Crippen LogP contribution in [-0.4, -0.2) is 31.4 Å². The molecular weight excluding hydrogens is 254 g/mol. The standard InChI is InChI=1S/C11H19N3O3S/c1-4-11(6-5-7-12-11)10-13-9(14-17-10)8(2)18(3,15)16/h8,12H,4-7H2,1-3H3. The third-order valence-electron chi connectivity index (χ3n) is 3.70. The number of hydrogen-bond acceptors (Lipinski definition) is 6. The van der Waals surface area contributed by atoms with E-state index in [1.54, 1.807) is 6.92 Å². The fourth-order valence-corrected chi connectivity index (χ4v) is 2.71. The zero-order valence-corrected chi connectivity index (χ0v) is 11.7. The molecule has 18 heavy (non-hydrogen) atoms. The van der Waals surface area contributed by atoms with Crippen LogP contribution in [0.4, 0.5) is 0 Å². The molecule has 1 saturated heterocycles. The van der Waals surface area contributed by atoms with Crippen LogP contribution in [0.2, 0.25) is 0 Å². The summed E-state index contributed by atoms with van der Waals surface area (Å²) in [4.78, 5) is 4.28. The minimum absolute atomic E-state index is 0.244. The fourth-order valence-electron chi connectivity index (χ4n) is 2.23. The van der Waals surface area contributed by atoms with E-state index in [4.69, 9.17) is 4.52 Å². The molecule has 0 amide bonds. The van der Waals surface area contributed by atoms with Gasteiger partial charge < -0.3 is 9.84 Å². The Morgan fingerprint density at radius 3 is 2.78 bits per heavy atom. The van der Waals surface area contributed by atoms with Gasteiger partial charge in [0.05, 0.1) is 5.54 Å². The minimum atomic E-state index is -3.20. The second kappa shape index (κ2) is 4.62. The van der Waals surface area contributed by atoms with Gasteiger partial charge in [0.1, 0.15) is 5.25 Å². The van der Waals surface area contributed by atoms with Crippen LogP contribution in [0.25, 0.3) is 0 Å². The molecule has 1 aromatic rings. The molecule has 7 heteroatoms. The lowest BCUT2D eigenvalue weighted by atomic mass is 9.94. The lowest BCUT2D eigenvalue weighted by molar-refractivity contribution is 0.249. The molecule has 1 aliphatic heterocycles. The van der Waals surface area contributed by atoms with Gasteiger partial charge in [-0.1, -0.05) is 12.1 Å². The highest BCUT2D eigenvalue weighted by molar-refractivity contribution is 7.90. The Hall–Kier alpha value is -0.950. The first-order valence-electron chi connectivity index (χ1n) is 6.17. The van der Waals surface area contributed by atoms with Crippen molar-refractivity contribution in [3.8, 4) is 0 Å². The van der Waals surface area contributed by atoms with Gasteiger partial charge in [0.15, 0.2) is 15.7 Å². The summed E-state index contributed by atoms with van der Waals surface area (Å²) in [5, 5.41) is 6.47. The van der Waals surface area contributed by atoms with Crippen molar-refractivity contribution in [3.05, 3.63) is 11.7 Å². The van der Waals surface area contributed by atoms with Gasteiger partial charge in [-0.25, -0.2) is 8.42 Å². The topological polar surface area (TPSA) is 85.1 Å². The highest BCUT2D eigenvalue weighted by Crippen LogP contribution is 2.33. The first-order valence-corrected chi connectivity index (χ1v) is 8.12. The molecule has 0 saturated carbocycles. The maximum absolute atomic E-state index is 11.5. The predicted octanol–water partition coefficient (Wildman–Crippen LogP) is 1.16. The van der Waals surface area contributed by atoms with Crippen molar-refractivity contribution in [2.45, 2.75) is 43.9 Å². The molecule has 1 aliphatic rings. The van der Waals surface area contributed by atoms with E-state index in [1.165, 1.54) is 6.26 Å². The Labute approximate surface area is 107 Å². The number of aromatic nitrogens is 2. The first kappa shape index (κ1) is 13.5. The number of rotatable bonds is 4. The maximum atomic E-state index is 11.5. The number of sulfone groups is 1. The molecule has 0 bridgehead atoms. The molecule has 2 atom stereocenters. The molecule has 0 spiro atoms. The number of hydrogen-bond donors (Lipinski definition) is 1. The normalized spacial score (nSPS) is 26.4. The van der Waals surface area contributed by atoms with Crippen LogP contribution in [0.1, 0.15) is 50.1 Å². The van der Waals surface area contributed by atoms with Crippen molar-refractivity contribution in [2.24, 2.45) is 0 Å². The first-order chi connectivity index (χ1) is 8.39. The van der Waals surface area contributed by atoms with Gasteiger partial charge in [0, 0.05) is 6.26 Å². The second-order valence-corrected chi connectivity index (χ2v) is 7.26. The summed E-state index contributed by atoms with van der Waals surface area (Å²) in [6, 6.07) is 0. The largest absolute Gasteiger partial charge is 0.337 e. The smallest absolute Gasteiger partial charge is 0.246 e. The zero-order chi connectivity index (χ0) is 13.4. The molecule has 6 nitrogen and oxygen atoms in total. The molecule has 1 N–H and O–H groups in total. The molecule has 0 aromatic carbocycles. The molecule has 2 unspecified atom stereocenters. The summed E-state index contributed by atoms with van der Waals surface area (Å²) in [7, 11) is -3.20. The second-order valence-electron chi connectivity index (χ2n) is 4.90. The summed E-state index contributed by atoms with van der Waals surface area (Å²) in [5.41, 5.74) is -0.275. The highest BCUT2D eigenvalue weighted by Gasteiger charge is 2.39. The molecule has 1 fully saturated rings. The summed E-state index contributed by atoms with van der Waals surface area (Å²) in [5.74, 6) is 0.752. The average molecular weight is 273 g/mol. The van der Waals surface area contributed by atoms with Crippen molar-refractivity contribution in [2.75, 3.05) is 12.8 Å². The van der Waals surface area contributed by atoms with Gasteiger partial charge in [-0.3, -0.25) is 0 Å². The predicted molar refractivity (Wildman–Crippen MR) is 66.8 cm³/mol.